The van der Waals surface area contributed by atoms with E-state index in [1.807, 2.05) is 30.3 Å². The van der Waals surface area contributed by atoms with Crippen molar-refractivity contribution in [2.75, 3.05) is 6.54 Å². The number of para-hydroxylation sites is 1. The molecule has 1 saturated carbocycles. The first-order valence-electron chi connectivity index (χ1n) is 6.35. The quantitative estimate of drug-likeness (QED) is 0.839. The van der Waals surface area contributed by atoms with E-state index in [9.17, 15) is 4.79 Å². The molecule has 1 aliphatic rings. The summed E-state index contributed by atoms with van der Waals surface area (Å²) in [5.41, 5.74) is 7.08. The summed E-state index contributed by atoms with van der Waals surface area (Å²) in [6.07, 6.45) is 4.61. The Morgan fingerprint density at radius 1 is 1.33 bits per heavy atom. The lowest BCUT2D eigenvalue weighted by molar-refractivity contribution is 0.0636. The maximum atomic E-state index is 12.5. The lowest BCUT2D eigenvalue weighted by Gasteiger charge is -2.39. The highest BCUT2D eigenvalue weighted by Gasteiger charge is 2.43. The summed E-state index contributed by atoms with van der Waals surface area (Å²) in [6.45, 7) is 0.443. The molecule has 1 heterocycles. The molecule has 1 aromatic heterocycles. The van der Waals surface area contributed by atoms with Crippen LogP contribution < -0.4 is 5.73 Å². The third-order valence-electron chi connectivity index (χ3n) is 4.04. The van der Waals surface area contributed by atoms with E-state index in [1.165, 1.54) is 0 Å². The highest BCUT2D eigenvalue weighted by molar-refractivity contribution is 6.03. The number of hydrogen-bond donors (Lipinski definition) is 1. The number of fused-ring (bicyclic) bond motifs is 1. The molecule has 2 aromatic rings. The highest BCUT2D eigenvalue weighted by atomic mass is 16.1. The second kappa shape index (κ2) is 4.18. The van der Waals surface area contributed by atoms with Crippen LogP contribution in [0.5, 0.6) is 0 Å². The van der Waals surface area contributed by atoms with Crippen LogP contribution in [0.15, 0.2) is 36.5 Å². The van der Waals surface area contributed by atoms with E-state index in [0.717, 1.165) is 30.2 Å². The van der Waals surface area contributed by atoms with Crippen LogP contribution in [0.25, 0.3) is 10.9 Å². The molecule has 0 radical (unpaired) electrons. The number of rotatable bonds is 3. The predicted octanol–water partition coefficient (Wildman–Crippen LogP) is 2.55. The van der Waals surface area contributed by atoms with E-state index in [0.29, 0.717) is 12.1 Å². The van der Waals surface area contributed by atoms with Crippen LogP contribution in [0.1, 0.15) is 29.6 Å². The minimum absolute atomic E-state index is 0.162. The van der Waals surface area contributed by atoms with Crippen LogP contribution >= 0.6 is 0 Å². The van der Waals surface area contributed by atoms with E-state index < -0.39 is 0 Å². The zero-order valence-electron chi connectivity index (χ0n) is 10.2. The summed E-state index contributed by atoms with van der Waals surface area (Å²) >= 11 is 0. The molecular formula is C15H16N2O. The van der Waals surface area contributed by atoms with Gasteiger partial charge in [-0.1, -0.05) is 24.6 Å². The summed E-state index contributed by atoms with van der Waals surface area (Å²) < 4.78 is 0. The van der Waals surface area contributed by atoms with Gasteiger partial charge in [-0.2, -0.15) is 0 Å². The fraction of sp³-hybridized carbons (Fsp3) is 0.333. The zero-order chi connectivity index (χ0) is 12.6. The lowest BCUT2D eigenvalue weighted by atomic mass is 9.65. The number of pyridine rings is 1. The van der Waals surface area contributed by atoms with Crippen LogP contribution in [-0.4, -0.2) is 17.3 Å². The summed E-state index contributed by atoms with van der Waals surface area (Å²) in [4.78, 5) is 16.9. The second-order valence-electron chi connectivity index (χ2n) is 5.08. The minimum Gasteiger partial charge on any atom is -0.329 e. The Balaban J connectivity index is 2.01. The Morgan fingerprint density at radius 2 is 2.11 bits per heavy atom. The van der Waals surface area contributed by atoms with Gasteiger partial charge in [0.05, 0.1) is 5.52 Å². The van der Waals surface area contributed by atoms with Gasteiger partial charge in [0.15, 0.2) is 5.78 Å². The molecule has 3 heteroatoms. The van der Waals surface area contributed by atoms with Gasteiger partial charge in [-0.15, -0.1) is 0 Å². The molecule has 1 aromatic carbocycles. The summed E-state index contributed by atoms with van der Waals surface area (Å²) in [5.74, 6) is 0.162. The van der Waals surface area contributed by atoms with Crippen molar-refractivity contribution in [2.45, 2.75) is 19.3 Å². The fourth-order valence-electron chi connectivity index (χ4n) is 2.63. The molecule has 0 saturated heterocycles. The SMILES string of the molecule is NCC1(C(=O)c2cnc3ccccc3c2)CCC1. The average Bonchev–Trinajstić information content (AvgIpc) is 2.37. The van der Waals surface area contributed by atoms with Crippen molar-refractivity contribution >= 4 is 16.7 Å². The summed E-state index contributed by atoms with van der Waals surface area (Å²) in [5, 5.41) is 1.01. The standard InChI is InChI=1S/C15H16N2O/c16-10-15(6-3-7-15)14(18)12-8-11-4-1-2-5-13(11)17-9-12/h1-2,4-5,8-9H,3,6-7,10,16H2. The van der Waals surface area contributed by atoms with Crippen LogP contribution in [0, 0.1) is 5.41 Å². The molecule has 0 aliphatic heterocycles. The molecule has 0 bridgehead atoms. The third kappa shape index (κ3) is 1.63. The maximum absolute atomic E-state index is 12.5. The molecular weight excluding hydrogens is 224 g/mol. The molecule has 92 valence electrons. The van der Waals surface area contributed by atoms with E-state index in [4.69, 9.17) is 5.73 Å². The first-order chi connectivity index (χ1) is 8.75. The number of nitrogens with zero attached hydrogens (tertiary/aromatic N) is 1. The summed E-state index contributed by atoms with van der Waals surface area (Å²) in [6, 6.07) is 9.77. The van der Waals surface area contributed by atoms with Crippen LogP contribution in [0.2, 0.25) is 0 Å². The lowest BCUT2D eigenvalue weighted by Crippen LogP contribution is -2.44. The Labute approximate surface area is 106 Å². The van der Waals surface area contributed by atoms with Crippen molar-refractivity contribution in [3.05, 3.63) is 42.1 Å². The first-order valence-corrected chi connectivity index (χ1v) is 6.35. The van der Waals surface area contributed by atoms with Gasteiger partial charge >= 0.3 is 0 Å². The van der Waals surface area contributed by atoms with Gasteiger partial charge in [-0.05, 0) is 25.0 Å². The number of aromatic nitrogens is 1. The van der Waals surface area contributed by atoms with Gasteiger partial charge in [0, 0.05) is 29.1 Å². The molecule has 18 heavy (non-hydrogen) atoms. The van der Waals surface area contributed by atoms with Crippen LogP contribution in [0.4, 0.5) is 0 Å². The van der Waals surface area contributed by atoms with Crippen molar-refractivity contribution in [3.63, 3.8) is 0 Å². The number of benzene rings is 1. The monoisotopic (exact) mass is 240 g/mol. The molecule has 1 aliphatic carbocycles. The van der Waals surface area contributed by atoms with Gasteiger partial charge in [-0.25, -0.2) is 0 Å². The number of hydrogen-bond acceptors (Lipinski definition) is 3. The van der Waals surface area contributed by atoms with Gasteiger partial charge in [0.25, 0.3) is 0 Å². The molecule has 0 atom stereocenters. The molecule has 3 rings (SSSR count). The first kappa shape index (κ1) is 11.4. The van der Waals surface area contributed by atoms with Gasteiger partial charge in [0.1, 0.15) is 0 Å². The van der Waals surface area contributed by atoms with Gasteiger partial charge in [0.2, 0.25) is 0 Å². The summed E-state index contributed by atoms with van der Waals surface area (Å²) in [7, 11) is 0. The van der Waals surface area contributed by atoms with Crippen molar-refractivity contribution in [1.82, 2.24) is 4.98 Å². The Hall–Kier alpha value is -1.74. The normalized spacial score (nSPS) is 17.4. The Kier molecular flexibility index (Phi) is 2.63. The zero-order valence-corrected chi connectivity index (χ0v) is 10.2. The van der Waals surface area contributed by atoms with Gasteiger partial charge < -0.3 is 5.73 Å². The number of carbonyl (C=O) groups excluding carboxylic acids is 1. The predicted molar refractivity (Wildman–Crippen MR) is 71.4 cm³/mol. The molecule has 0 spiro atoms. The molecule has 1 fully saturated rings. The van der Waals surface area contributed by atoms with Crippen molar-refractivity contribution in [1.29, 1.82) is 0 Å². The van der Waals surface area contributed by atoms with E-state index in [-0.39, 0.29) is 11.2 Å². The second-order valence-corrected chi connectivity index (χ2v) is 5.08. The van der Waals surface area contributed by atoms with E-state index >= 15 is 0 Å². The molecule has 0 unspecified atom stereocenters. The van der Waals surface area contributed by atoms with E-state index in [2.05, 4.69) is 4.98 Å². The number of nitrogens with two attached hydrogens (primary N) is 1. The fourth-order valence-corrected chi connectivity index (χ4v) is 2.63. The topological polar surface area (TPSA) is 56.0 Å². The smallest absolute Gasteiger partial charge is 0.171 e. The van der Waals surface area contributed by atoms with Crippen LogP contribution in [0.3, 0.4) is 0 Å². The van der Waals surface area contributed by atoms with Crippen LogP contribution in [-0.2, 0) is 0 Å². The maximum Gasteiger partial charge on any atom is 0.171 e. The molecule has 2 N–H and O–H groups in total. The highest BCUT2D eigenvalue weighted by Crippen LogP contribution is 2.42. The minimum atomic E-state index is -0.315. The van der Waals surface area contributed by atoms with Crippen molar-refractivity contribution < 1.29 is 4.79 Å². The number of Topliss-reactive ketones (excluding diaryl/α,β-unsaturated/α-hetero) is 1. The average molecular weight is 240 g/mol. The molecule has 0 amide bonds. The Bertz CT molecular complexity index is 597. The number of carbonyl (C=O) groups is 1. The third-order valence-corrected chi connectivity index (χ3v) is 4.04. The van der Waals surface area contributed by atoms with Crippen molar-refractivity contribution in [2.24, 2.45) is 11.1 Å². The van der Waals surface area contributed by atoms with E-state index in [1.54, 1.807) is 6.20 Å². The number of ketones is 1. The Morgan fingerprint density at radius 3 is 2.78 bits per heavy atom. The largest absolute Gasteiger partial charge is 0.329 e. The van der Waals surface area contributed by atoms with Crippen molar-refractivity contribution in [3.8, 4) is 0 Å². The van der Waals surface area contributed by atoms with Gasteiger partial charge in [-0.3, -0.25) is 9.78 Å². The molecule has 3 nitrogen and oxygen atoms in total.